The molecule has 3 aromatic carbocycles. The van der Waals surface area contributed by atoms with Gasteiger partial charge in [0.15, 0.2) is 5.76 Å². The molecule has 33 heavy (non-hydrogen) atoms. The summed E-state index contributed by atoms with van der Waals surface area (Å²) in [4.78, 5) is 16.3. The molecule has 164 valence electrons. The van der Waals surface area contributed by atoms with Gasteiger partial charge < -0.3 is 9.52 Å². The maximum absolute atomic E-state index is 11.3. The molecule has 4 aromatic rings. The van der Waals surface area contributed by atoms with Crippen LogP contribution in [0, 0.1) is 5.92 Å². The van der Waals surface area contributed by atoms with Gasteiger partial charge in [0.25, 0.3) is 0 Å². The summed E-state index contributed by atoms with van der Waals surface area (Å²) in [6, 6.07) is 27.5. The highest BCUT2D eigenvalue weighted by atomic mass is 16.4. The maximum Gasteiger partial charge on any atom is 0.335 e. The van der Waals surface area contributed by atoms with E-state index in [1.807, 2.05) is 60.7 Å². The first kappa shape index (κ1) is 21.0. The minimum Gasteiger partial charge on any atom is -0.478 e. The number of nitrogens with zero attached hydrogens (tertiary/aromatic N) is 1. The van der Waals surface area contributed by atoms with E-state index in [0.29, 0.717) is 17.4 Å². The van der Waals surface area contributed by atoms with Crippen molar-refractivity contribution in [1.29, 1.82) is 0 Å². The molecule has 1 aliphatic carbocycles. The Morgan fingerprint density at radius 1 is 0.939 bits per heavy atom. The fraction of sp³-hybridized carbons (Fsp3) is 0.172. The minimum atomic E-state index is -0.886. The molecule has 1 atom stereocenters. The number of oxazole rings is 1. The largest absolute Gasteiger partial charge is 0.478 e. The number of allylic oxidation sites excluding steroid dienone is 2. The molecule has 4 nitrogen and oxygen atoms in total. The maximum atomic E-state index is 11.3. The van der Waals surface area contributed by atoms with Crippen molar-refractivity contribution in [3.63, 3.8) is 0 Å². The molecule has 0 bridgehead atoms. The second-order valence-corrected chi connectivity index (χ2v) is 8.52. The number of hydrogen-bond donors (Lipinski definition) is 1. The zero-order chi connectivity index (χ0) is 22.6. The van der Waals surface area contributed by atoms with E-state index in [-0.39, 0.29) is 0 Å². The van der Waals surface area contributed by atoms with Crippen LogP contribution in [0.3, 0.4) is 0 Å². The Hall–Kier alpha value is -3.92. The summed E-state index contributed by atoms with van der Waals surface area (Å²) in [5.74, 6) is 0.995. The van der Waals surface area contributed by atoms with Crippen molar-refractivity contribution in [3.8, 4) is 22.6 Å². The van der Waals surface area contributed by atoms with Gasteiger partial charge in [-0.05, 0) is 49.3 Å². The van der Waals surface area contributed by atoms with Gasteiger partial charge in [0.2, 0.25) is 5.89 Å². The summed E-state index contributed by atoms with van der Waals surface area (Å²) in [7, 11) is 0. The van der Waals surface area contributed by atoms with Gasteiger partial charge in [0.05, 0.1) is 5.56 Å². The zero-order valence-electron chi connectivity index (χ0n) is 18.3. The second kappa shape index (κ2) is 9.29. The third kappa shape index (κ3) is 4.65. The Morgan fingerprint density at radius 2 is 1.67 bits per heavy atom. The highest BCUT2D eigenvalue weighted by Crippen LogP contribution is 2.38. The lowest BCUT2D eigenvalue weighted by atomic mass is 9.84. The Morgan fingerprint density at radius 3 is 2.39 bits per heavy atom. The van der Waals surface area contributed by atoms with Crippen LogP contribution in [0.4, 0.5) is 0 Å². The van der Waals surface area contributed by atoms with Gasteiger partial charge in [-0.25, -0.2) is 9.78 Å². The molecule has 0 spiro atoms. The molecule has 5 rings (SSSR count). The molecule has 1 unspecified atom stereocenters. The van der Waals surface area contributed by atoms with Crippen LogP contribution >= 0.6 is 0 Å². The lowest BCUT2D eigenvalue weighted by Crippen LogP contribution is -2.10. The Kier molecular flexibility index (Phi) is 5.90. The SMILES string of the molecule is O=C(O)c1cccc(CC2CCC=C(c3nc(-c4ccccc4)c(-c4ccccc4)o3)C2)c1. The van der Waals surface area contributed by atoms with E-state index in [2.05, 4.69) is 18.2 Å². The van der Waals surface area contributed by atoms with Crippen molar-refractivity contribution in [2.24, 2.45) is 5.92 Å². The van der Waals surface area contributed by atoms with Crippen molar-refractivity contribution < 1.29 is 14.3 Å². The highest BCUT2D eigenvalue weighted by Gasteiger charge is 2.23. The first-order valence-corrected chi connectivity index (χ1v) is 11.3. The van der Waals surface area contributed by atoms with Crippen LogP contribution in [-0.4, -0.2) is 16.1 Å². The monoisotopic (exact) mass is 435 g/mol. The summed E-state index contributed by atoms with van der Waals surface area (Å²) in [6.07, 6.45) is 5.97. The van der Waals surface area contributed by atoms with Crippen LogP contribution in [-0.2, 0) is 6.42 Å². The highest BCUT2D eigenvalue weighted by molar-refractivity contribution is 5.87. The quantitative estimate of drug-likeness (QED) is 0.350. The average Bonchev–Trinajstić information content (AvgIpc) is 3.31. The molecule has 1 aliphatic rings. The molecule has 0 aliphatic heterocycles. The van der Waals surface area contributed by atoms with Gasteiger partial charge in [-0.3, -0.25) is 0 Å². The lowest BCUT2D eigenvalue weighted by Gasteiger charge is -2.21. The average molecular weight is 436 g/mol. The van der Waals surface area contributed by atoms with Gasteiger partial charge in [-0.2, -0.15) is 0 Å². The number of rotatable bonds is 6. The molecule has 4 heteroatoms. The molecule has 1 aromatic heterocycles. The van der Waals surface area contributed by atoms with Crippen LogP contribution < -0.4 is 0 Å². The van der Waals surface area contributed by atoms with Crippen LogP contribution in [0.5, 0.6) is 0 Å². The second-order valence-electron chi connectivity index (χ2n) is 8.52. The minimum absolute atomic E-state index is 0.340. The lowest BCUT2D eigenvalue weighted by molar-refractivity contribution is 0.0696. The molecular weight excluding hydrogens is 410 g/mol. The van der Waals surface area contributed by atoms with Crippen LogP contribution in [0.25, 0.3) is 28.2 Å². The number of aromatic carboxylic acids is 1. The summed E-state index contributed by atoms with van der Waals surface area (Å²) in [5, 5.41) is 9.29. The van der Waals surface area contributed by atoms with Crippen molar-refractivity contribution in [2.45, 2.75) is 25.7 Å². The number of aromatic nitrogens is 1. The van der Waals surface area contributed by atoms with Gasteiger partial charge in [0.1, 0.15) is 5.69 Å². The van der Waals surface area contributed by atoms with Crippen LogP contribution in [0.2, 0.25) is 0 Å². The molecule has 0 saturated heterocycles. The van der Waals surface area contributed by atoms with Crippen molar-refractivity contribution >= 4 is 11.5 Å². The van der Waals surface area contributed by atoms with E-state index < -0.39 is 5.97 Å². The summed E-state index contributed by atoms with van der Waals surface area (Å²) >= 11 is 0. The summed E-state index contributed by atoms with van der Waals surface area (Å²) < 4.78 is 6.39. The van der Waals surface area contributed by atoms with Crippen molar-refractivity contribution in [1.82, 2.24) is 4.98 Å². The van der Waals surface area contributed by atoms with Gasteiger partial charge in [-0.1, -0.05) is 78.9 Å². The molecule has 0 saturated carbocycles. The Bertz CT molecular complexity index is 1230. The molecule has 0 radical (unpaired) electrons. The normalized spacial score (nSPS) is 15.8. The molecule has 0 fully saturated rings. The molecule has 1 heterocycles. The number of carboxylic acids is 1. The van der Waals surface area contributed by atoms with Crippen LogP contribution in [0.1, 0.15) is 41.1 Å². The zero-order valence-corrected chi connectivity index (χ0v) is 18.3. The standard InChI is InChI=1S/C29H25NO3/c31-29(32)25-16-8-10-21(19-25)17-20-9-7-15-24(18-20)28-30-26(22-11-3-1-4-12-22)27(33-28)23-13-5-2-6-14-23/h1-6,8,10-16,19-20H,7,9,17-18H2,(H,31,32). The van der Waals surface area contributed by atoms with E-state index in [4.69, 9.17) is 9.40 Å². The number of benzene rings is 3. The van der Waals surface area contributed by atoms with Crippen molar-refractivity contribution in [2.75, 3.05) is 0 Å². The smallest absolute Gasteiger partial charge is 0.335 e. The van der Waals surface area contributed by atoms with Gasteiger partial charge in [-0.15, -0.1) is 0 Å². The molecular formula is C29H25NO3. The van der Waals surface area contributed by atoms with E-state index >= 15 is 0 Å². The topological polar surface area (TPSA) is 63.3 Å². The third-order valence-corrected chi connectivity index (χ3v) is 6.16. The molecule has 1 N–H and O–H groups in total. The van der Waals surface area contributed by atoms with E-state index in [0.717, 1.165) is 59.4 Å². The van der Waals surface area contributed by atoms with Gasteiger partial charge in [0, 0.05) is 16.7 Å². The van der Waals surface area contributed by atoms with E-state index in [1.54, 1.807) is 12.1 Å². The van der Waals surface area contributed by atoms with Crippen LogP contribution in [0.15, 0.2) is 95.4 Å². The number of carbonyl (C=O) groups is 1. The van der Waals surface area contributed by atoms with Gasteiger partial charge >= 0.3 is 5.97 Å². The fourth-order valence-electron chi connectivity index (χ4n) is 4.54. The number of hydrogen-bond acceptors (Lipinski definition) is 3. The summed E-state index contributed by atoms with van der Waals surface area (Å²) in [5.41, 5.74) is 5.42. The Balaban J connectivity index is 1.43. The predicted molar refractivity (Wildman–Crippen MR) is 130 cm³/mol. The molecule has 0 amide bonds. The van der Waals surface area contributed by atoms with E-state index in [1.165, 1.54) is 0 Å². The summed E-state index contributed by atoms with van der Waals surface area (Å²) in [6.45, 7) is 0. The number of carboxylic acid groups (broad SMARTS) is 1. The van der Waals surface area contributed by atoms with E-state index in [9.17, 15) is 9.90 Å². The Labute approximate surface area is 193 Å². The van der Waals surface area contributed by atoms with Crippen molar-refractivity contribution in [3.05, 3.63) is 108 Å². The third-order valence-electron chi connectivity index (χ3n) is 6.16. The predicted octanol–water partition coefficient (Wildman–Crippen LogP) is 7.13. The first-order valence-electron chi connectivity index (χ1n) is 11.3. The first-order chi connectivity index (χ1) is 16.2. The fourth-order valence-corrected chi connectivity index (χ4v) is 4.54.